The Bertz CT molecular complexity index is 1810. The Morgan fingerprint density at radius 1 is 0.486 bits per heavy atom. The zero-order valence-corrected chi connectivity index (χ0v) is 20.2. The molecule has 3 aromatic carbocycles. The van der Waals surface area contributed by atoms with E-state index in [1.165, 1.54) is 4.70 Å². The van der Waals surface area contributed by atoms with Crippen molar-refractivity contribution in [2.45, 2.75) is 0 Å². The fourth-order valence-electron chi connectivity index (χ4n) is 4.20. The summed E-state index contributed by atoms with van der Waals surface area (Å²) in [5.74, 6) is 1.97. The van der Waals surface area contributed by atoms with Gasteiger partial charge < -0.3 is 0 Å². The van der Waals surface area contributed by atoms with E-state index in [1.54, 1.807) is 30.1 Å². The fourth-order valence-corrected chi connectivity index (χ4v) is 5.37. The standard InChI is InChI=1S/C29H17N7S/c1-3-9-18(10-4-1)26-34-27(19-11-5-2-6-12-19)36-29(35-26)28-30-15-20(16-31-28)23-25-24(33-17-32-23)21-13-7-8-14-22(21)37-25/h1-17H. The predicted molar refractivity (Wildman–Crippen MR) is 146 cm³/mol. The summed E-state index contributed by atoms with van der Waals surface area (Å²) in [6, 6.07) is 27.9. The Hall–Kier alpha value is -4.95. The third kappa shape index (κ3) is 3.89. The summed E-state index contributed by atoms with van der Waals surface area (Å²) >= 11 is 1.67. The number of fused-ring (bicyclic) bond motifs is 3. The van der Waals surface area contributed by atoms with Crippen molar-refractivity contribution in [3.63, 3.8) is 0 Å². The monoisotopic (exact) mass is 495 g/mol. The van der Waals surface area contributed by atoms with Gasteiger partial charge in [-0.1, -0.05) is 78.9 Å². The molecule has 0 N–H and O–H groups in total. The molecule has 0 spiro atoms. The molecule has 0 fully saturated rings. The molecule has 0 aliphatic carbocycles. The molecule has 7 rings (SSSR count). The lowest BCUT2D eigenvalue weighted by Gasteiger charge is -2.08. The van der Waals surface area contributed by atoms with Crippen molar-refractivity contribution in [3.8, 4) is 45.7 Å². The summed E-state index contributed by atoms with van der Waals surface area (Å²) < 4.78 is 2.18. The van der Waals surface area contributed by atoms with Crippen LogP contribution in [-0.4, -0.2) is 34.9 Å². The Labute approximate surface area is 215 Å². The first-order valence-corrected chi connectivity index (χ1v) is 12.5. The number of hydrogen-bond acceptors (Lipinski definition) is 8. The number of benzene rings is 3. The second kappa shape index (κ2) is 8.92. The third-order valence-corrected chi connectivity index (χ3v) is 7.15. The van der Waals surface area contributed by atoms with Crippen LogP contribution in [0.1, 0.15) is 0 Å². The van der Waals surface area contributed by atoms with E-state index in [0.29, 0.717) is 23.3 Å². The molecule has 0 radical (unpaired) electrons. The molecular formula is C29H17N7S. The Balaban J connectivity index is 1.33. The van der Waals surface area contributed by atoms with Crippen molar-refractivity contribution in [1.29, 1.82) is 0 Å². The average Bonchev–Trinajstić information content (AvgIpc) is 3.37. The first kappa shape index (κ1) is 21.3. The van der Waals surface area contributed by atoms with Crippen molar-refractivity contribution >= 4 is 31.6 Å². The zero-order valence-electron chi connectivity index (χ0n) is 19.4. The number of aromatic nitrogens is 7. The van der Waals surface area contributed by atoms with Crippen molar-refractivity contribution in [2.24, 2.45) is 0 Å². The van der Waals surface area contributed by atoms with Crippen LogP contribution in [0.25, 0.3) is 66.0 Å². The molecule has 0 saturated carbocycles. The van der Waals surface area contributed by atoms with Gasteiger partial charge in [-0.3, -0.25) is 0 Å². The van der Waals surface area contributed by atoms with Gasteiger partial charge in [0.15, 0.2) is 17.5 Å². The van der Waals surface area contributed by atoms with Crippen LogP contribution >= 0.6 is 11.3 Å². The lowest BCUT2D eigenvalue weighted by molar-refractivity contribution is 1.03. The highest BCUT2D eigenvalue weighted by Gasteiger charge is 2.16. The van der Waals surface area contributed by atoms with Crippen LogP contribution in [0.5, 0.6) is 0 Å². The molecule has 0 unspecified atom stereocenters. The summed E-state index contributed by atoms with van der Waals surface area (Å²) in [6.45, 7) is 0. The van der Waals surface area contributed by atoms with E-state index in [0.717, 1.165) is 38.0 Å². The smallest absolute Gasteiger partial charge is 0.201 e. The summed E-state index contributed by atoms with van der Waals surface area (Å²) in [6.07, 6.45) is 5.13. The van der Waals surface area contributed by atoms with E-state index in [-0.39, 0.29) is 0 Å². The summed E-state index contributed by atoms with van der Waals surface area (Å²) in [5, 5.41) is 1.12. The molecule has 4 aromatic heterocycles. The lowest BCUT2D eigenvalue weighted by Crippen LogP contribution is -2.02. The van der Waals surface area contributed by atoms with E-state index < -0.39 is 0 Å². The van der Waals surface area contributed by atoms with Crippen LogP contribution in [0, 0.1) is 0 Å². The van der Waals surface area contributed by atoms with Gasteiger partial charge in [-0.05, 0) is 6.07 Å². The van der Waals surface area contributed by atoms with Gasteiger partial charge in [-0.2, -0.15) is 0 Å². The molecule has 0 aliphatic heterocycles. The van der Waals surface area contributed by atoms with E-state index >= 15 is 0 Å². The predicted octanol–water partition coefficient (Wildman–Crippen LogP) is 6.49. The van der Waals surface area contributed by atoms with Gasteiger partial charge >= 0.3 is 0 Å². The van der Waals surface area contributed by atoms with Crippen molar-refractivity contribution in [1.82, 2.24) is 34.9 Å². The number of rotatable bonds is 4. The molecule has 4 heterocycles. The highest BCUT2D eigenvalue weighted by molar-refractivity contribution is 7.26. The topological polar surface area (TPSA) is 90.2 Å². The lowest BCUT2D eigenvalue weighted by atomic mass is 10.2. The minimum atomic E-state index is 0.411. The Morgan fingerprint density at radius 3 is 1.76 bits per heavy atom. The highest BCUT2D eigenvalue weighted by Crippen LogP contribution is 2.37. The molecule has 37 heavy (non-hydrogen) atoms. The normalized spacial score (nSPS) is 11.2. The largest absolute Gasteiger partial charge is 0.235 e. The van der Waals surface area contributed by atoms with E-state index in [4.69, 9.17) is 15.0 Å². The summed E-state index contributed by atoms with van der Waals surface area (Å²) in [5.41, 5.74) is 4.35. The van der Waals surface area contributed by atoms with Gasteiger partial charge in [0.2, 0.25) is 5.82 Å². The minimum absolute atomic E-state index is 0.411. The molecule has 174 valence electrons. The maximum atomic E-state index is 4.73. The molecule has 7 nitrogen and oxygen atoms in total. The maximum absolute atomic E-state index is 4.73. The van der Waals surface area contributed by atoms with E-state index in [2.05, 4.69) is 32.1 Å². The number of nitrogens with zero attached hydrogens (tertiary/aromatic N) is 7. The molecule has 0 atom stereocenters. The Kier molecular flexibility index (Phi) is 5.15. The highest BCUT2D eigenvalue weighted by atomic mass is 32.1. The van der Waals surface area contributed by atoms with E-state index in [1.807, 2.05) is 72.8 Å². The van der Waals surface area contributed by atoms with Gasteiger partial charge in [0.05, 0.1) is 15.9 Å². The fraction of sp³-hybridized carbons (Fsp3) is 0. The molecule has 0 amide bonds. The molecule has 0 aliphatic rings. The van der Waals surface area contributed by atoms with Crippen LogP contribution in [0.2, 0.25) is 0 Å². The van der Waals surface area contributed by atoms with Crippen molar-refractivity contribution in [3.05, 3.63) is 104 Å². The van der Waals surface area contributed by atoms with E-state index in [9.17, 15) is 0 Å². The molecule has 7 aromatic rings. The number of hydrogen-bond donors (Lipinski definition) is 0. The Morgan fingerprint density at radius 2 is 1.08 bits per heavy atom. The van der Waals surface area contributed by atoms with Crippen molar-refractivity contribution < 1.29 is 0 Å². The summed E-state index contributed by atoms with van der Waals surface area (Å²) in [4.78, 5) is 32.5. The van der Waals surface area contributed by atoms with Gasteiger partial charge in [0.1, 0.15) is 6.33 Å². The van der Waals surface area contributed by atoms with Crippen LogP contribution in [-0.2, 0) is 0 Å². The van der Waals surface area contributed by atoms with Crippen LogP contribution in [0.4, 0.5) is 0 Å². The van der Waals surface area contributed by atoms with Crippen LogP contribution in [0.15, 0.2) is 104 Å². The molecule has 8 heteroatoms. The van der Waals surface area contributed by atoms with Gasteiger partial charge in [0.25, 0.3) is 0 Å². The summed E-state index contributed by atoms with van der Waals surface area (Å²) in [7, 11) is 0. The van der Waals surface area contributed by atoms with Crippen LogP contribution in [0.3, 0.4) is 0 Å². The van der Waals surface area contributed by atoms with Gasteiger partial charge in [0, 0.05) is 39.2 Å². The second-order valence-electron chi connectivity index (χ2n) is 8.33. The quantitative estimate of drug-likeness (QED) is 0.276. The molecule has 0 saturated heterocycles. The second-order valence-corrected chi connectivity index (χ2v) is 9.38. The van der Waals surface area contributed by atoms with Crippen LogP contribution < -0.4 is 0 Å². The SMILES string of the molecule is c1ccc(-c2nc(-c3ccccc3)nc(-c3ncc(-c4ncnc5c4sc4ccccc45)cn3)n2)cc1. The zero-order chi connectivity index (χ0) is 24.6. The molecule has 0 bridgehead atoms. The average molecular weight is 496 g/mol. The third-order valence-electron chi connectivity index (χ3n) is 5.98. The maximum Gasteiger partial charge on any atom is 0.201 e. The van der Waals surface area contributed by atoms with Crippen molar-refractivity contribution in [2.75, 3.05) is 0 Å². The van der Waals surface area contributed by atoms with Gasteiger partial charge in [-0.15, -0.1) is 11.3 Å². The van der Waals surface area contributed by atoms with Gasteiger partial charge in [-0.25, -0.2) is 34.9 Å². The first-order valence-electron chi connectivity index (χ1n) is 11.7. The molecular weight excluding hydrogens is 478 g/mol. The first-order chi connectivity index (χ1) is 18.3. The minimum Gasteiger partial charge on any atom is -0.235 e. The number of thiophene rings is 1.